The van der Waals surface area contributed by atoms with Gasteiger partial charge in [0.05, 0.1) is 17.3 Å². The summed E-state index contributed by atoms with van der Waals surface area (Å²) in [5.74, 6) is -0.164. The highest BCUT2D eigenvalue weighted by Gasteiger charge is 2.16. The number of aryl methyl sites for hydroxylation is 2. The Bertz CT molecular complexity index is 416. The minimum Gasteiger partial charge on any atom is -0.383 e. The van der Waals surface area contributed by atoms with Gasteiger partial charge in [-0.1, -0.05) is 0 Å². The van der Waals surface area contributed by atoms with E-state index in [1.165, 1.54) is 30.5 Å². The van der Waals surface area contributed by atoms with Gasteiger partial charge in [0, 0.05) is 25.0 Å². The fourth-order valence-corrected chi connectivity index (χ4v) is 3.35. The SMILES string of the molecule is COCC(N)C(=O)NCCc1nc2c(s1)CCCC2.Cl. The number of halogens is 1. The Labute approximate surface area is 129 Å². The molecule has 0 aliphatic heterocycles. The molecule has 0 spiro atoms. The number of thiazole rings is 1. The number of ether oxygens (including phenoxy) is 1. The lowest BCUT2D eigenvalue weighted by molar-refractivity contribution is -0.123. The molecule has 2 rings (SSSR count). The van der Waals surface area contributed by atoms with Gasteiger partial charge in [-0.15, -0.1) is 23.7 Å². The molecule has 1 aliphatic carbocycles. The fraction of sp³-hybridized carbons (Fsp3) is 0.692. The molecule has 3 N–H and O–H groups in total. The number of aromatic nitrogens is 1. The number of nitrogens with two attached hydrogens (primary N) is 1. The van der Waals surface area contributed by atoms with Crippen LogP contribution in [0.4, 0.5) is 0 Å². The molecule has 0 saturated heterocycles. The maximum atomic E-state index is 11.6. The Morgan fingerprint density at radius 3 is 2.95 bits per heavy atom. The van der Waals surface area contributed by atoms with Gasteiger partial charge in [-0.2, -0.15) is 0 Å². The zero-order valence-corrected chi connectivity index (χ0v) is 13.3. The summed E-state index contributed by atoms with van der Waals surface area (Å²) in [5, 5.41) is 3.94. The first kappa shape index (κ1) is 17.4. The first-order chi connectivity index (χ1) is 9.20. The smallest absolute Gasteiger partial charge is 0.239 e. The molecule has 0 bridgehead atoms. The highest BCUT2D eigenvalue weighted by atomic mass is 35.5. The second-order valence-corrected chi connectivity index (χ2v) is 5.96. The number of carbonyl (C=O) groups is 1. The molecular formula is C13H22ClN3O2S. The number of fused-ring (bicyclic) bond motifs is 1. The van der Waals surface area contributed by atoms with Gasteiger partial charge in [0.1, 0.15) is 6.04 Å². The van der Waals surface area contributed by atoms with E-state index in [2.05, 4.69) is 10.3 Å². The molecule has 1 aliphatic rings. The van der Waals surface area contributed by atoms with Gasteiger partial charge < -0.3 is 15.8 Å². The van der Waals surface area contributed by atoms with Crippen molar-refractivity contribution < 1.29 is 9.53 Å². The van der Waals surface area contributed by atoms with Crippen molar-refractivity contribution in [1.82, 2.24) is 10.3 Å². The van der Waals surface area contributed by atoms with Gasteiger partial charge in [0.25, 0.3) is 0 Å². The molecule has 5 nitrogen and oxygen atoms in total. The first-order valence-electron chi connectivity index (χ1n) is 6.70. The number of hydrogen-bond donors (Lipinski definition) is 2. The molecule has 1 heterocycles. The van der Waals surface area contributed by atoms with Crippen molar-refractivity contribution in [3.8, 4) is 0 Å². The molecular weight excluding hydrogens is 298 g/mol. The predicted molar refractivity (Wildman–Crippen MR) is 82.6 cm³/mol. The summed E-state index contributed by atoms with van der Waals surface area (Å²) in [5.41, 5.74) is 6.91. The Morgan fingerprint density at radius 1 is 1.50 bits per heavy atom. The normalized spacial score (nSPS) is 15.1. The molecule has 1 aromatic rings. The van der Waals surface area contributed by atoms with Crippen molar-refractivity contribution in [2.24, 2.45) is 5.73 Å². The van der Waals surface area contributed by atoms with Crippen LogP contribution in [0.15, 0.2) is 0 Å². The molecule has 1 atom stereocenters. The standard InChI is InChI=1S/C13H21N3O2S.ClH/c1-18-8-9(14)13(17)15-7-6-12-16-10-4-2-3-5-11(10)19-12;/h9H,2-8,14H2,1H3,(H,15,17);1H. The van der Waals surface area contributed by atoms with E-state index in [1.54, 1.807) is 11.3 Å². The zero-order valence-electron chi connectivity index (χ0n) is 11.7. The van der Waals surface area contributed by atoms with Crippen LogP contribution in [0.2, 0.25) is 0 Å². The zero-order chi connectivity index (χ0) is 13.7. The van der Waals surface area contributed by atoms with Crippen molar-refractivity contribution in [1.29, 1.82) is 0 Å². The second-order valence-electron chi connectivity index (χ2n) is 4.79. The molecule has 1 amide bonds. The maximum Gasteiger partial charge on any atom is 0.239 e. The number of nitrogens with one attached hydrogen (secondary N) is 1. The molecule has 1 unspecified atom stereocenters. The number of nitrogens with zero attached hydrogens (tertiary/aromatic N) is 1. The highest BCUT2D eigenvalue weighted by Crippen LogP contribution is 2.26. The van der Waals surface area contributed by atoms with E-state index in [0.29, 0.717) is 6.54 Å². The Morgan fingerprint density at radius 2 is 2.25 bits per heavy atom. The summed E-state index contributed by atoms with van der Waals surface area (Å²) in [6, 6.07) is -0.588. The summed E-state index contributed by atoms with van der Waals surface area (Å²) in [7, 11) is 1.53. The topological polar surface area (TPSA) is 77.2 Å². The Balaban J connectivity index is 0.00000200. The predicted octanol–water partition coefficient (Wildman–Crippen LogP) is 1.08. The largest absolute Gasteiger partial charge is 0.383 e. The van der Waals surface area contributed by atoms with Crippen LogP contribution >= 0.6 is 23.7 Å². The Hall–Kier alpha value is -0.690. The third kappa shape index (κ3) is 4.70. The number of amides is 1. The van der Waals surface area contributed by atoms with Gasteiger partial charge in [-0.05, 0) is 25.7 Å². The monoisotopic (exact) mass is 319 g/mol. The number of carbonyl (C=O) groups excluding carboxylic acids is 1. The van der Waals surface area contributed by atoms with E-state index in [-0.39, 0.29) is 24.9 Å². The average Bonchev–Trinajstić information content (AvgIpc) is 2.81. The summed E-state index contributed by atoms with van der Waals surface area (Å²) in [6.07, 6.45) is 5.58. The lowest BCUT2D eigenvalue weighted by Gasteiger charge is -2.10. The molecule has 1 aromatic heterocycles. The minimum atomic E-state index is -0.588. The lowest BCUT2D eigenvalue weighted by atomic mass is 10.0. The van der Waals surface area contributed by atoms with Gasteiger partial charge in [0.2, 0.25) is 5.91 Å². The summed E-state index contributed by atoms with van der Waals surface area (Å²) >= 11 is 1.79. The van der Waals surface area contributed by atoms with Crippen LogP contribution in [0.3, 0.4) is 0 Å². The van der Waals surface area contributed by atoms with Crippen molar-refractivity contribution in [2.75, 3.05) is 20.3 Å². The average molecular weight is 320 g/mol. The highest BCUT2D eigenvalue weighted by molar-refractivity contribution is 7.11. The van der Waals surface area contributed by atoms with Crippen LogP contribution in [-0.2, 0) is 28.8 Å². The first-order valence-corrected chi connectivity index (χ1v) is 7.52. The van der Waals surface area contributed by atoms with Gasteiger partial charge in [-0.25, -0.2) is 4.98 Å². The molecule has 20 heavy (non-hydrogen) atoms. The van der Waals surface area contributed by atoms with E-state index in [0.717, 1.165) is 24.3 Å². The van der Waals surface area contributed by atoms with E-state index in [4.69, 9.17) is 10.5 Å². The van der Waals surface area contributed by atoms with Gasteiger partial charge >= 0.3 is 0 Å². The van der Waals surface area contributed by atoms with Crippen molar-refractivity contribution in [3.05, 3.63) is 15.6 Å². The molecule has 7 heteroatoms. The van der Waals surface area contributed by atoms with E-state index in [9.17, 15) is 4.79 Å². The van der Waals surface area contributed by atoms with E-state index < -0.39 is 6.04 Å². The molecule has 0 saturated carbocycles. The quantitative estimate of drug-likeness (QED) is 0.822. The summed E-state index contributed by atoms with van der Waals surface area (Å²) < 4.78 is 4.85. The summed E-state index contributed by atoms with van der Waals surface area (Å²) in [4.78, 5) is 17.7. The fourth-order valence-electron chi connectivity index (χ4n) is 2.19. The van der Waals surface area contributed by atoms with Crippen molar-refractivity contribution in [2.45, 2.75) is 38.1 Å². The van der Waals surface area contributed by atoms with Crippen molar-refractivity contribution in [3.63, 3.8) is 0 Å². The van der Waals surface area contributed by atoms with Crippen LogP contribution in [0.1, 0.15) is 28.4 Å². The van der Waals surface area contributed by atoms with E-state index >= 15 is 0 Å². The van der Waals surface area contributed by atoms with Crippen LogP contribution in [0, 0.1) is 0 Å². The molecule has 0 fully saturated rings. The van der Waals surface area contributed by atoms with Crippen LogP contribution in [-0.4, -0.2) is 37.2 Å². The van der Waals surface area contributed by atoms with Crippen molar-refractivity contribution >= 4 is 29.7 Å². The third-order valence-electron chi connectivity index (χ3n) is 3.21. The molecule has 114 valence electrons. The van der Waals surface area contributed by atoms with E-state index in [1.807, 2.05) is 0 Å². The maximum absolute atomic E-state index is 11.6. The van der Waals surface area contributed by atoms with Crippen LogP contribution < -0.4 is 11.1 Å². The third-order valence-corrected chi connectivity index (χ3v) is 4.43. The van der Waals surface area contributed by atoms with Gasteiger partial charge in [-0.3, -0.25) is 4.79 Å². The van der Waals surface area contributed by atoms with Crippen LogP contribution in [0.25, 0.3) is 0 Å². The summed E-state index contributed by atoms with van der Waals surface area (Å²) in [6.45, 7) is 0.833. The number of hydrogen-bond acceptors (Lipinski definition) is 5. The Kier molecular flexibility index (Phi) is 7.43. The van der Waals surface area contributed by atoms with Crippen LogP contribution in [0.5, 0.6) is 0 Å². The number of rotatable bonds is 6. The number of methoxy groups -OCH3 is 1. The molecule has 0 radical (unpaired) electrons. The van der Waals surface area contributed by atoms with Gasteiger partial charge in [0.15, 0.2) is 0 Å². The minimum absolute atomic E-state index is 0. The lowest BCUT2D eigenvalue weighted by Crippen LogP contribution is -2.44. The molecule has 0 aromatic carbocycles. The second kappa shape index (κ2) is 8.56.